The number of aliphatic hydroxyl groups excluding tert-OH is 13. The smallest absolute Gasteiger partial charge is 0.335 e. The second-order valence-electron chi connectivity index (χ2n) is 23.2. The third kappa shape index (κ3) is 23.6. The number of carbonyl (C=O) groups excluding carboxylic acids is 1. The maximum absolute atomic E-state index is 13.4. The van der Waals surface area contributed by atoms with Gasteiger partial charge in [-0.2, -0.15) is 0 Å². The zero-order chi connectivity index (χ0) is 61.7. The molecule has 0 aromatic carbocycles. The number of amides is 1. The van der Waals surface area contributed by atoms with Gasteiger partial charge in [0, 0.05) is 0 Å². The second kappa shape index (κ2) is 40.4. The SMILES string of the molecule is CCCCCC/C=C\CCCCCCCCCC(O)C(COC1O[C@H](C(=O)O)[C@@H](O[C@H]2O[C@H](CO[C@H]3O[C@@H](CO)[C@@H](O)[C@@H](O)[C@@H]3O[C@@H]3O[C@@H](CO)[C@H](O)[C@@H](O)[C@H]3O)[C@@H](O)[C@H](O)[C@H]2N)[C@H](O)[C@H]1O)NC(=O)[C@@H](O)CCCCCCCCCCCC. The number of carboxylic acids is 1. The standard InChI is InChI=1S/C58H106N2O24/c1-3-5-7-9-11-13-15-16-17-18-19-21-22-24-26-28-35(63)34(60-53(74)36(64)29-27-25-23-20-14-12-10-8-6-4-2)32-77-56-49(73)47(71)50(52(84-56)54(75)76)82-55-40(59)44(68)43(67)39(81-55)33-78-58-51(46(70)42(66)38(31-62)80-58)83-57-48(72)45(69)41(65)37(30-61)79-57/h13,15,34-52,55-58,61-73H,3-12,14,16-33,59H2,1-2H3,(H,60,74)(H,75,76)/b15-13-/t34?,35?,36-,37-,38-,39+,40+,41-,42+,43+,44+,45+,46+,47+,48+,49+,50-,51-,52-,55+,56?,57-,58-/m0/s1. The predicted octanol–water partition coefficient (Wildman–Crippen LogP) is -0.111. The molecular formula is C58H106N2O24. The van der Waals surface area contributed by atoms with Crippen LogP contribution in [0.5, 0.6) is 0 Å². The van der Waals surface area contributed by atoms with Crippen LogP contribution >= 0.6 is 0 Å². The number of hydrogen-bond acceptors (Lipinski definition) is 24. The molecule has 0 aromatic rings. The summed E-state index contributed by atoms with van der Waals surface area (Å²) in [4.78, 5) is 26.2. The highest BCUT2D eigenvalue weighted by Crippen LogP contribution is 2.33. The Balaban J connectivity index is 1.37. The van der Waals surface area contributed by atoms with Crippen LogP contribution in [-0.2, 0) is 47.5 Å². The van der Waals surface area contributed by atoms with Gasteiger partial charge in [0.15, 0.2) is 31.3 Å². The molecule has 3 unspecified atom stereocenters. The molecule has 84 heavy (non-hydrogen) atoms. The number of allylic oxidation sites excluding steroid dienone is 2. The number of hydrogen-bond donors (Lipinski definition) is 16. The number of nitrogens with two attached hydrogens (primary N) is 1. The molecule has 4 fully saturated rings. The number of rotatable bonds is 42. The molecule has 0 bridgehead atoms. The van der Waals surface area contributed by atoms with Crippen molar-refractivity contribution in [3.8, 4) is 0 Å². The lowest BCUT2D eigenvalue weighted by Gasteiger charge is -2.47. The van der Waals surface area contributed by atoms with Crippen LogP contribution in [0.25, 0.3) is 0 Å². The van der Waals surface area contributed by atoms with Gasteiger partial charge in [0.1, 0.15) is 91.6 Å². The van der Waals surface area contributed by atoms with Crippen molar-refractivity contribution < 1.29 is 119 Å². The van der Waals surface area contributed by atoms with E-state index in [1.54, 1.807) is 0 Å². The van der Waals surface area contributed by atoms with E-state index in [-0.39, 0.29) is 12.8 Å². The average molecular weight is 1220 g/mol. The van der Waals surface area contributed by atoms with Crippen LogP contribution in [0.2, 0.25) is 0 Å². The van der Waals surface area contributed by atoms with E-state index >= 15 is 0 Å². The molecule has 0 aromatic heterocycles. The van der Waals surface area contributed by atoms with Gasteiger partial charge >= 0.3 is 5.97 Å². The Kier molecular flexibility index (Phi) is 35.8. The minimum Gasteiger partial charge on any atom is -0.479 e. The van der Waals surface area contributed by atoms with E-state index in [0.717, 1.165) is 77.0 Å². The largest absolute Gasteiger partial charge is 0.479 e. The topological polar surface area (TPSA) is 429 Å². The Morgan fingerprint density at radius 3 is 1.51 bits per heavy atom. The van der Waals surface area contributed by atoms with Gasteiger partial charge in [0.05, 0.1) is 44.6 Å². The van der Waals surface area contributed by atoms with Crippen molar-refractivity contribution >= 4 is 11.9 Å². The molecule has 0 aliphatic carbocycles. The molecule has 26 heteroatoms. The third-order valence-electron chi connectivity index (χ3n) is 16.3. The minimum atomic E-state index is -2.14. The quantitative estimate of drug-likeness (QED) is 0.0280. The highest BCUT2D eigenvalue weighted by atomic mass is 16.8. The van der Waals surface area contributed by atoms with Gasteiger partial charge in [0.25, 0.3) is 0 Å². The van der Waals surface area contributed by atoms with Gasteiger partial charge in [-0.25, -0.2) is 4.79 Å². The summed E-state index contributed by atoms with van der Waals surface area (Å²) in [6, 6.07) is -2.84. The van der Waals surface area contributed by atoms with E-state index < -0.39 is 179 Å². The van der Waals surface area contributed by atoms with Crippen molar-refractivity contribution in [2.24, 2.45) is 5.73 Å². The number of aliphatic carboxylic acids is 1. The summed E-state index contributed by atoms with van der Waals surface area (Å²) in [5.74, 6) is -2.49. The first-order chi connectivity index (χ1) is 40.3. The Hall–Kier alpha value is -2.20. The summed E-state index contributed by atoms with van der Waals surface area (Å²) in [6.07, 6.45) is -8.78. The van der Waals surface area contributed by atoms with Crippen molar-refractivity contribution in [2.75, 3.05) is 26.4 Å². The van der Waals surface area contributed by atoms with Crippen LogP contribution < -0.4 is 11.1 Å². The van der Waals surface area contributed by atoms with Crippen LogP contribution in [-0.4, -0.2) is 251 Å². The maximum Gasteiger partial charge on any atom is 0.335 e. The van der Waals surface area contributed by atoms with E-state index in [0.29, 0.717) is 12.8 Å². The Bertz CT molecular complexity index is 1800. The first-order valence-corrected chi connectivity index (χ1v) is 31.1. The molecule has 1 amide bonds. The lowest BCUT2D eigenvalue weighted by Crippen LogP contribution is -2.67. The van der Waals surface area contributed by atoms with Gasteiger partial charge < -0.3 is 120 Å². The molecule has 0 saturated carbocycles. The molecular weight excluding hydrogens is 1110 g/mol. The second-order valence-corrected chi connectivity index (χ2v) is 23.2. The van der Waals surface area contributed by atoms with Crippen LogP contribution in [0.1, 0.15) is 174 Å². The number of ether oxygens (including phenoxy) is 8. The normalized spacial score (nSPS) is 35.0. The lowest BCUT2D eigenvalue weighted by atomic mass is 9.95. The Morgan fingerprint density at radius 1 is 0.500 bits per heavy atom. The molecule has 4 rings (SSSR count). The van der Waals surface area contributed by atoms with E-state index in [2.05, 4.69) is 31.3 Å². The van der Waals surface area contributed by atoms with Gasteiger partial charge in [0.2, 0.25) is 5.91 Å². The fourth-order valence-electron chi connectivity index (χ4n) is 10.9. The molecule has 26 nitrogen and oxygen atoms in total. The van der Waals surface area contributed by atoms with E-state index in [1.807, 2.05) is 0 Å². The molecule has 17 N–H and O–H groups in total. The summed E-state index contributed by atoms with van der Waals surface area (Å²) < 4.78 is 45.6. The van der Waals surface area contributed by atoms with Crippen molar-refractivity contribution in [3.05, 3.63) is 12.2 Å². The first-order valence-electron chi connectivity index (χ1n) is 31.1. The molecule has 23 atom stereocenters. The molecule has 4 saturated heterocycles. The molecule has 0 radical (unpaired) electrons. The van der Waals surface area contributed by atoms with E-state index in [1.165, 1.54) is 57.8 Å². The van der Waals surface area contributed by atoms with Crippen LogP contribution in [0.4, 0.5) is 0 Å². The van der Waals surface area contributed by atoms with Gasteiger partial charge in [-0.15, -0.1) is 0 Å². The molecule has 4 heterocycles. The highest BCUT2D eigenvalue weighted by molar-refractivity contribution is 5.80. The minimum absolute atomic E-state index is 0.177. The van der Waals surface area contributed by atoms with Crippen LogP contribution in [0.15, 0.2) is 12.2 Å². The van der Waals surface area contributed by atoms with Gasteiger partial charge in [-0.1, -0.05) is 148 Å². The summed E-state index contributed by atoms with van der Waals surface area (Å²) in [5, 5.41) is 153. The van der Waals surface area contributed by atoms with Gasteiger partial charge in [-0.3, -0.25) is 4.79 Å². The fourth-order valence-corrected chi connectivity index (χ4v) is 10.9. The highest BCUT2D eigenvalue weighted by Gasteiger charge is 2.55. The van der Waals surface area contributed by atoms with E-state index in [4.69, 9.17) is 43.6 Å². The number of nitrogens with one attached hydrogen (secondary N) is 1. The van der Waals surface area contributed by atoms with Gasteiger partial charge in [-0.05, 0) is 38.5 Å². The lowest BCUT2D eigenvalue weighted by molar-refractivity contribution is -0.373. The summed E-state index contributed by atoms with van der Waals surface area (Å²) >= 11 is 0. The summed E-state index contributed by atoms with van der Waals surface area (Å²) in [5.41, 5.74) is 6.19. The zero-order valence-corrected chi connectivity index (χ0v) is 49.4. The molecule has 4 aliphatic heterocycles. The predicted molar refractivity (Wildman–Crippen MR) is 300 cm³/mol. The third-order valence-corrected chi connectivity index (χ3v) is 16.3. The fraction of sp³-hybridized carbons (Fsp3) is 0.931. The zero-order valence-electron chi connectivity index (χ0n) is 49.4. The monoisotopic (exact) mass is 1210 g/mol. The summed E-state index contributed by atoms with van der Waals surface area (Å²) in [6.45, 7) is 1.30. The maximum atomic E-state index is 13.4. The number of carbonyl (C=O) groups is 2. The number of aliphatic hydroxyl groups is 13. The van der Waals surface area contributed by atoms with E-state index in [9.17, 15) is 81.1 Å². The first kappa shape index (κ1) is 74.3. The average Bonchev–Trinajstić information content (AvgIpc) is 3.38. The van der Waals surface area contributed by atoms with Crippen LogP contribution in [0.3, 0.4) is 0 Å². The van der Waals surface area contributed by atoms with Crippen molar-refractivity contribution in [1.82, 2.24) is 5.32 Å². The molecule has 492 valence electrons. The number of carboxylic acid groups (broad SMARTS) is 1. The molecule has 4 aliphatic rings. The Morgan fingerprint density at radius 2 is 0.952 bits per heavy atom. The summed E-state index contributed by atoms with van der Waals surface area (Å²) in [7, 11) is 0. The molecule has 0 spiro atoms. The van der Waals surface area contributed by atoms with Crippen LogP contribution in [0, 0.1) is 0 Å². The van der Waals surface area contributed by atoms with Crippen molar-refractivity contribution in [3.63, 3.8) is 0 Å². The number of unbranched alkanes of at least 4 members (excludes halogenated alkanes) is 20. The van der Waals surface area contributed by atoms with Crippen molar-refractivity contribution in [2.45, 2.75) is 315 Å². The Labute approximate surface area is 494 Å². The van der Waals surface area contributed by atoms with Crippen molar-refractivity contribution in [1.29, 1.82) is 0 Å².